The Balaban J connectivity index is 1.66. The van der Waals surface area contributed by atoms with Gasteiger partial charge in [0, 0.05) is 22.1 Å². The molecule has 1 saturated heterocycles. The Kier molecular flexibility index (Phi) is 4.34. The number of amides is 3. The van der Waals surface area contributed by atoms with Gasteiger partial charge in [0.2, 0.25) is 0 Å². The Morgan fingerprint density at radius 3 is 2.52 bits per heavy atom. The maximum Gasteiger partial charge on any atom is 0.414 e. The maximum absolute atomic E-state index is 12.0. The van der Waals surface area contributed by atoms with E-state index < -0.39 is 0 Å². The number of hydrogen-bond donors (Lipinski definition) is 2. The molecule has 3 amide bonds. The Labute approximate surface area is 138 Å². The van der Waals surface area contributed by atoms with E-state index in [9.17, 15) is 9.59 Å². The van der Waals surface area contributed by atoms with Gasteiger partial charge in [0.25, 0.3) is 0 Å². The highest BCUT2D eigenvalue weighted by molar-refractivity contribution is 6.30. The molecule has 7 heteroatoms. The molecule has 2 aromatic carbocycles. The maximum atomic E-state index is 12.0. The van der Waals surface area contributed by atoms with E-state index in [0.29, 0.717) is 35.2 Å². The van der Waals surface area contributed by atoms with Gasteiger partial charge in [0.1, 0.15) is 6.61 Å². The molecule has 0 atom stereocenters. The largest absolute Gasteiger partial charge is 0.447 e. The van der Waals surface area contributed by atoms with Crippen molar-refractivity contribution in [3.05, 3.63) is 53.6 Å². The molecule has 3 rings (SSSR count). The zero-order chi connectivity index (χ0) is 16.2. The van der Waals surface area contributed by atoms with Crippen LogP contribution in [0.2, 0.25) is 5.02 Å². The summed E-state index contributed by atoms with van der Waals surface area (Å²) in [4.78, 5) is 25.1. The van der Waals surface area contributed by atoms with Crippen molar-refractivity contribution in [2.75, 3.05) is 28.7 Å². The first-order valence-corrected chi connectivity index (χ1v) is 7.37. The summed E-state index contributed by atoms with van der Waals surface area (Å²) < 4.78 is 4.91. The Morgan fingerprint density at radius 2 is 1.83 bits per heavy atom. The first-order chi connectivity index (χ1) is 11.1. The molecule has 0 bridgehead atoms. The first kappa shape index (κ1) is 15.2. The summed E-state index contributed by atoms with van der Waals surface area (Å²) >= 11 is 5.80. The number of halogens is 1. The zero-order valence-electron chi connectivity index (χ0n) is 12.1. The third kappa shape index (κ3) is 3.73. The molecule has 2 N–H and O–H groups in total. The van der Waals surface area contributed by atoms with Gasteiger partial charge in [0.15, 0.2) is 0 Å². The molecule has 0 aliphatic carbocycles. The SMILES string of the molecule is O=C(Nc1ccc(Cl)cc1)Nc1cccc(N2CCOC2=O)c1. The molecule has 1 fully saturated rings. The first-order valence-electron chi connectivity index (χ1n) is 7.00. The Hall–Kier alpha value is -2.73. The zero-order valence-corrected chi connectivity index (χ0v) is 12.8. The lowest BCUT2D eigenvalue weighted by atomic mass is 10.2. The molecule has 0 spiro atoms. The van der Waals surface area contributed by atoms with Gasteiger partial charge < -0.3 is 15.4 Å². The predicted octanol–water partition coefficient (Wildman–Crippen LogP) is 3.94. The molecule has 2 aromatic rings. The van der Waals surface area contributed by atoms with E-state index in [1.807, 2.05) is 0 Å². The molecule has 0 radical (unpaired) electrons. The van der Waals surface area contributed by atoms with Crippen LogP contribution in [0.1, 0.15) is 0 Å². The van der Waals surface area contributed by atoms with Crippen molar-refractivity contribution < 1.29 is 14.3 Å². The van der Waals surface area contributed by atoms with Crippen LogP contribution in [0.15, 0.2) is 48.5 Å². The van der Waals surface area contributed by atoms with Crippen molar-refractivity contribution in [1.29, 1.82) is 0 Å². The number of carbonyl (C=O) groups is 2. The minimum atomic E-state index is -0.382. The lowest BCUT2D eigenvalue weighted by Crippen LogP contribution is -2.24. The van der Waals surface area contributed by atoms with Gasteiger partial charge in [-0.2, -0.15) is 0 Å². The van der Waals surface area contributed by atoms with Crippen molar-refractivity contribution in [3.8, 4) is 0 Å². The second-order valence-electron chi connectivity index (χ2n) is 4.90. The molecule has 0 saturated carbocycles. The third-order valence-electron chi connectivity index (χ3n) is 3.28. The molecule has 6 nitrogen and oxygen atoms in total. The number of carbonyl (C=O) groups excluding carboxylic acids is 2. The highest BCUT2D eigenvalue weighted by atomic mass is 35.5. The molecule has 0 unspecified atom stereocenters. The fraction of sp³-hybridized carbons (Fsp3) is 0.125. The molecule has 1 aliphatic rings. The van der Waals surface area contributed by atoms with Gasteiger partial charge in [-0.15, -0.1) is 0 Å². The van der Waals surface area contributed by atoms with Crippen LogP contribution in [0.3, 0.4) is 0 Å². The van der Waals surface area contributed by atoms with Crippen LogP contribution in [0.5, 0.6) is 0 Å². The number of nitrogens with zero attached hydrogens (tertiary/aromatic N) is 1. The minimum absolute atomic E-state index is 0.369. The average Bonchev–Trinajstić information content (AvgIpc) is 2.96. The topological polar surface area (TPSA) is 70.7 Å². The van der Waals surface area contributed by atoms with Crippen molar-refractivity contribution in [1.82, 2.24) is 0 Å². The van der Waals surface area contributed by atoms with E-state index in [1.54, 1.807) is 48.5 Å². The lowest BCUT2D eigenvalue weighted by Gasteiger charge is -2.14. The summed E-state index contributed by atoms with van der Waals surface area (Å²) in [5.74, 6) is 0. The van der Waals surface area contributed by atoms with Crippen molar-refractivity contribution in [2.45, 2.75) is 0 Å². The fourth-order valence-electron chi connectivity index (χ4n) is 2.21. The number of benzene rings is 2. The summed E-state index contributed by atoms with van der Waals surface area (Å²) in [5.41, 5.74) is 1.89. The normalized spacial score (nSPS) is 13.6. The lowest BCUT2D eigenvalue weighted by molar-refractivity contribution is 0.181. The number of hydrogen-bond acceptors (Lipinski definition) is 3. The predicted molar refractivity (Wildman–Crippen MR) is 89.2 cm³/mol. The van der Waals surface area contributed by atoms with Crippen LogP contribution in [0.25, 0.3) is 0 Å². The van der Waals surface area contributed by atoms with Gasteiger partial charge in [-0.05, 0) is 42.5 Å². The number of urea groups is 1. The van der Waals surface area contributed by atoms with E-state index in [1.165, 1.54) is 4.90 Å². The van der Waals surface area contributed by atoms with Gasteiger partial charge in [-0.25, -0.2) is 9.59 Å². The van der Waals surface area contributed by atoms with E-state index in [-0.39, 0.29) is 12.1 Å². The fourth-order valence-corrected chi connectivity index (χ4v) is 2.33. The summed E-state index contributed by atoms with van der Waals surface area (Å²) in [5, 5.41) is 6.02. The average molecular weight is 332 g/mol. The van der Waals surface area contributed by atoms with Crippen LogP contribution in [0, 0.1) is 0 Å². The quantitative estimate of drug-likeness (QED) is 0.894. The van der Waals surface area contributed by atoms with Crippen LogP contribution >= 0.6 is 11.6 Å². The van der Waals surface area contributed by atoms with Crippen LogP contribution in [0.4, 0.5) is 26.7 Å². The van der Waals surface area contributed by atoms with Gasteiger partial charge in [-0.3, -0.25) is 4.90 Å². The highest BCUT2D eigenvalue weighted by Crippen LogP contribution is 2.22. The van der Waals surface area contributed by atoms with E-state index >= 15 is 0 Å². The van der Waals surface area contributed by atoms with E-state index in [0.717, 1.165) is 0 Å². The molecule has 23 heavy (non-hydrogen) atoms. The van der Waals surface area contributed by atoms with Crippen molar-refractivity contribution >= 4 is 40.8 Å². The summed E-state index contributed by atoms with van der Waals surface area (Å²) in [6, 6.07) is 13.4. The van der Waals surface area contributed by atoms with Crippen LogP contribution in [-0.4, -0.2) is 25.3 Å². The number of ether oxygens (including phenoxy) is 1. The molecule has 1 heterocycles. The summed E-state index contributed by atoms with van der Waals surface area (Å²) in [6.45, 7) is 0.868. The number of cyclic esters (lactones) is 1. The summed E-state index contributed by atoms with van der Waals surface area (Å²) in [6.07, 6.45) is -0.382. The van der Waals surface area contributed by atoms with Crippen LogP contribution in [-0.2, 0) is 4.74 Å². The Morgan fingerprint density at radius 1 is 1.09 bits per heavy atom. The summed E-state index contributed by atoms with van der Waals surface area (Å²) in [7, 11) is 0. The Bertz CT molecular complexity index is 734. The number of rotatable bonds is 3. The van der Waals surface area contributed by atoms with Gasteiger partial charge in [0.05, 0.1) is 6.54 Å². The van der Waals surface area contributed by atoms with Crippen molar-refractivity contribution in [3.63, 3.8) is 0 Å². The second-order valence-corrected chi connectivity index (χ2v) is 5.34. The second kappa shape index (κ2) is 6.58. The van der Waals surface area contributed by atoms with Gasteiger partial charge in [-0.1, -0.05) is 17.7 Å². The smallest absolute Gasteiger partial charge is 0.414 e. The molecular formula is C16H14ClN3O3. The standard InChI is InChI=1S/C16H14ClN3O3/c17-11-4-6-12(7-5-11)18-15(21)19-13-2-1-3-14(10-13)20-8-9-23-16(20)22/h1-7,10H,8-9H2,(H2,18,19,21). The minimum Gasteiger partial charge on any atom is -0.447 e. The molecule has 118 valence electrons. The monoisotopic (exact) mass is 331 g/mol. The molecule has 1 aliphatic heterocycles. The van der Waals surface area contributed by atoms with Gasteiger partial charge >= 0.3 is 12.1 Å². The third-order valence-corrected chi connectivity index (χ3v) is 3.53. The highest BCUT2D eigenvalue weighted by Gasteiger charge is 2.23. The molecular weight excluding hydrogens is 318 g/mol. The van der Waals surface area contributed by atoms with Crippen molar-refractivity contribution in [2.24, 2.45) is 0 Å². The van der Waals surface area contributed by atoms with E-state index in [4.69, 9.17) is 16.3 Å². The number of anilines is 3. The van der Waals surface area contributed by atoms with Crippen LogP contribution < -0.4 is 15.5 Å². The van der Waals surface area contributed by atoms with E-state index in [2.05, 4.69) is 10.6 Å². The number of nitrogens with one attached hydrogen (secondary N) is 2. The molecule has 0 aromatic heterocycles.